The van der Waals surface area contributed by atoms with E-state index in [0.29, 0.717) is 11.3 Å². The minimum Gasteiger partial charge on any atom is -0.384 e. The Morgan fingerprint density at radius 2 is 2.00 bits per heavy atom. The van der Waals surface area contributed by atoms with Gasteiger partial charge in [-0.15, -0.1) is 11.3 Å². The van der Waals surface area contributed by atoms with Crippen molar-refractivity contribution in [1.29, 1.82) is 0 Å². The summed E-state index contributed by atoms with van der Waals surface area (Å²) in [7, 11) is 0. The molecule has 1 N–H and O–H groups in total. The van der Waals surface area contributed by atoms with Gasteiger partial charge in [-0.25, -0.2) is 0 Å². The van der Waals surface area contributed by atoms with Crippen LogP contribution in [0.2, 0.25) is 4.34 Å². The van der Waals surface area contributed by atoms with Gasteiger partial charge in [0.25, 0.3) is 0 Å². The van der Waals surface area contributed by atoms with Gasteiger partial charge in [0.05, 0.1) is 9.94 Å². The Bertz CT molecular complexity index is 407. The van der Waals surface area contributed by atoms with Crippen LogP contribution >= 0.6 is 22.9 Å². The smallest absolute Gasteiger partial charge is 0.0988 e. The van der Waals surface area contributed by atoms with Crippen LogP contribution in [0.3, 0.4) is 0 Å². The first kappa shape index (κ1) is 14.4. The first-order chi connectivity index (χ1) is 8.31. The van der Waals surface area contributed by atoms with Crippen molar-refractivity contribution in [3.05, 3.63) is 21.3 Å². The fraction of sp³-hybridized carbons (Fsp3) is 0.733. The molecule has 0 aromatic carbocycles. The van der Waals surface area contributed by atoms with E-state index >= 15 is 0 Å². The second-order valence-corrected chi connectivity index (χ2v) is 8.34. The molecule has 2 atom stereocenters. The third-order valence-electron chi connectivity index (χ3n) is 4.31. The summed E-state index contributed by atoms with van der Waals surface area (Å²) in [4.78, 5) is 1.04. The van der Waals surface area contributed by atoms with Crippen LogP contribution < -0.4 is 0 Å². The zero-order valence-electron chi connectivity index (χ0n) is 11.5. The Balaban J connectivity index is 2.13. The molecule has 1 heterocycles. The van der Waals surface area contributed by atoms with Crippen LogP contribution in [0.4, 0.5) is 0 Å². The molecule has 1 aromatic rings. The number of thiophene rings is 1. The molecule has 1 fully saturated rings. The summed E-state index contributed by atoms with van der Waals surface area (Å²) in [5.74, 6) is 0.710. The predicted octanol–water partition coefficient (Wildman–Crippen LogP) is 5.22. The average Bonchev–Trinajstić information content (AvgIpc) is 2.58. The predicted molar refractivity (Wildman–Crippen MR) is 79.3 cm³/mol. The Kier molecular flexibility index (Phi) is 4.10. The third-order valence-corrected chi connectivity index (χ3v) is 5.73. The monoisotopic (exact) mass is 286 g/mol. The number of hydrogen-bond acceptors (Lipinski definition) is 2. The van der Waals surface area contributed by atoms with E-state index in [1.165, 1.54) is 17.8 Å². The topological polar surface area (TPSA) is 20.2 Å². The second-order valence-electron chi connectivity index (χ2n) is 6.63. The normalized spacial score (nSPS) is 30.2. The fourth-order valence-electron chi connectivity index (χ4n) is 3.00. The highest BCUT2D eigenvalue weighted by atomic mass is 35.5. The Hall–Kier alpha value is -0.0500. The molecule has 102 valence electrons. The zero-order valence-corrected chi connectivity index (χ0v) is 13.1. The molecule has 1 saturated carbocycles. The Morgan fingerprint density at radius 3 is 2.56 bits per heavy atom. The van der Waals surface area contributed by atoms with Gasteiger partial charge in [0.2, 0.25) is 0 Å². The summed E-state index contributed by atoms with van der Waals surface area (Å²) in [5.41, 5.74) is -0.295. The van der Waals surface area contributed by atoms with Crippen LogP contribution in [0.1, 0.15) is 57.8 Å². The number of aliphatic hydroxyl groups is 1. The zero-order chi connectivity index (χ0) is 13.4. The van der Waals surface area contributed by atoms with E-state index in [2.05, 4.69) is 20.8 Å². The van der Waals surface area contributed by atoms with Crippen molar-refractivity contribution in [2.75, 3.05) is 0 Å². The standard InChI is InChI=1S/C15H23ClOS/c1-14(2,3)11-5-4-9-15(17,10-8-11)12-6-7-13(16)18-12/h6-7,11,17H,4-5,8-10H2,1-3H3. The molecule has 1 aliphatic rings. The first-order valence-electron chi connectivity index (χ1n) is 6.79. The molecular weight excluding hydrogens is 264 g/mol. The number of rotatable bonds is 1. The van der Waals surface area contributed by atoms with E-state index in [0.717, 1.165) is 34.9 Å². The average molecular weight is 287 g/mol. The third kappa shape index (κ3) is 3.09. The van der Waals surface area contributed by atoms with Crippen molar-refractivity contribution >= 4 is 22.9 Å². The van der Waals surface area contributed by atoms with Crippen LogP contribution in [0, 0.1) is 11.3 Å². The van der Waals surface area contributed by atoms with Crippen molar-refractivity contribution < 1.29 is 5.11 Å². The molecule has 0 amide bonds. The van der Waals surface area contributed by atoms with Crippen LogP contribution in [0.15, 0.2) is 12.1 Å². The highest BCUT2D eigenvalue weighted by Crippen LogP contribution is 2.45. The minimum absolute atomic E-state index is 0.346. The van der Waals surface area contributed by atoms with Crippen molar-refractivity contribution in [1.82, 2.24) is 0 Å². The molecule has 1 aromatic heterocycles. The van der Waals surface area contributed by atoms with Crippen LogP contribution in [0.5, 0.6) is 0 Å². The van der Waals surface area contributed by atoms with Gasteiger partial charge in [0.15, 0.2) is 0 Å². The van der Waals surface area contributed by atoms with Gasteiger partial charge in [-0.3, -0.25) is 0 Å². The lowest BCUT2D eigenvalue weighted by atomic mass is 9.76. The largest absolute Gasteiger partial charge is 0.384 e. The maximum atomic E-state index is 10.9. The quantitative estimate of drug-likeness (QED) is 0.702. The molecule has 3 heteroatoms. The lowest BCUT2D eigenvalue weighted by Gasteiger charge is -2.30. The van der Waals surface area contributed by atoms with Crippen molar-refractivity contribution in [3.8, 4) is 0 Å². The van der Waals surface area contributed by atoms with Crippen LogP contribution in [-0.2, 0) is 5.60 Å². The van der Waals surface area contributed by atoms with E-state index in [1.54, 1.807) is 0 Å². The van der Waals surface area contributed by atoms with Gasteiger partial charge in [0, 0.05) is 4.88 Å². The highest BCUT2D eigenvalue weighted by Gasteiger charge is 2.36. The van der Waals surface area contributed by atoms with E-state index in [4.69, 9.17) is 11.6 Å². The Labute approximate surface area is 119 Å². The van der Waals surface area contributed by atoms with Crippen molar-refractivity contribution in [2.45, 2.75) is 58.5 Å². The second kappa shape index (κ2) is 5.15. The SMILES string of the molecule is CC(C)(C)C1CCCC(O)(c2ccc(Cl)s2)CC1. The van der Waals surface area contributed by atoms with E-state index in [9.17, 15) is 5.11 Å². The molecule has 18 heavy (non-hydrogen) atoms. The van der Waals surface area contributed by atoms with E-state index < -0.39 is 5.60 Å². The van der Waals surface area contributed by atoms with E-state index in [-0.39, 0.29) is 0 Å². The van der Waals surface area contributed by atoms with Crippen LogP contribution in [-0.4, -0.2) is 5.11 Å². The van der Waals surface area contributed by atoms with Gasteiger partial charge < -0.3 is 5.11 Å². The minimum atomic E-state index is -0.641. The summed E-state index contributed by atoms with van der Waals surface area (Å²) in [6.07, 6.45) is 5.18. The molecule has 0 radical (unpaired) electrons. The molecule has 2 unspecified atom stereocenters. The molecule has 2 rings (SSSR count). The summed E-state index contributed by atoms with van der Waals surface area (Å²) in [6.45, 7) is 6.93. The summed E-state index contributed by atoms with van der Waals surface area (Å²) in [6, 6.07) is 3.88. The Morgan fingerprint density at radius 1 is 1.28 bits per heavy atom. The summed E-state index contributed by atoms with van der Waals surface area (Å²) in [5, 5.41) is 10.9. The maximum Gasteiger partial charge on any atom is 0.0988 e. The molecule has 1 aliphatic carbocycles. The van der Waals surface area contributed by atoms with Crippen LogP contribution in [0.25, 0.3) is 0 Å². The number of hydrogen-bond donors (Lipinski definition) is 1. The summed E-state index contributed by atoms with van der Waals surface area (Å²) < 4.78 is 0.773. The molecule has 0 saturated heterocycles. The molecule has 0 aliphatic heterocycles. The van der Waals surface area contributed by atoms with Crippen molar-refractivity contribution in [2.24, 2.45) is 11.3 Å². The number of halogens is 1. The maximum absolute atomic E-state index is 10.9. The van der Waals surface area contributed by atoms with Gasteiger partial charge in [0.1, 0.15) is 0 Å². The molecule has 0 bridgehead atoms. The molecular formula is C15H23ClOS. The van der Waals surface area contributed by atoms with Gasteiger partial charge in [-0.2, -0.15) is 0 Å². The molecule has 1 nitrogen and oxygen atoms in total. The lowest BCUT2D eigenvalue weighted by Crippen LogP contribution is -2.24. The fourth-order valence-corrected chi connectivity index (χ4v) is 4.19. The summed E-state index contributed by atoms with van der Waals surface area (Å²) >= 11 is 7.52. The highest BCUT2D eigenvalue weighted by molar-refractivity contribution is 7.16. The van der Waals surface area contributed by atoms with Gasteiger partial charge in [-0.05, 0) is 55.6 Å². The van der Waals surface area contributed by atoms with Gasteiger partial charge >= 0.3 is 0 Å². The first-order valence-corrected chi connectivity index (χ1v) is 7.99. The van der Waals surface area contributed by atoms with Crippen molar-refractivity contribution in [3.63, 3.8) is 0 Å². The molecule has 0 spiro atoms. The van der Waals surface area contributed by atoms with E-state index in [1.807, 2.05) is 12.1 Å². The van der Waals surface area contributed by atoms with Gasteiger partial charge in [-0.1, -0.05) is 32.4 Å². The lowest BCUT2D eigenvalue weighted by molar-refractivity contribution is 0.0216.